The number of ether oxygens (including phenoxy) is 1. The largest absolute Gasteiger partial charge is 0.466 e. The Labute approximate surface area is 199 Å². The van der Waals surface area contributed by atoms with Crippen LogP contribution in [0.25, 0.3) is 33.7 Å². The van der Waals surface area contributed by atoms with Crippen molar-refractivity contribution in [3.63, 3.8) is 0 Å². The van der Waals surface area contributed by atoms with E-state index in [-0.39, 0.29) is 17.9 Å². The molecule has 0 atom stereocenters. The number of fused-ring (bicyclic) bond motifs is 1. The zero-order chi connectivity index (χ0) is 24.5. The van der Waals surface area contributed by atoms with E-state index in [1.165, 1.54) is 0 Å². The number of hydrogen-bond donors (Lipinski definition) is 1. The maximum atomic E-state index is 12.0. The Morgan fingerprint density at radius 3 is 2.59 bits per heavy atom. The number of benzene rings is 1. The van der Waals surface area contributed by atoms with E-state index >= 15 is 0 Å². The van der Waals surface area contributed by atoms with E-state index in [0.717, 1.165) is 27.8 Å². The first-order chi connectivity index (χ1) is 16.1. The van der Waals surface area contributed by atoms with Gasteiger partial charge in [0.25, 0.3) is 0 Å². The summed E-state index contributed by atoms with van der Waals surface area (Å²) in [5.41, 5.74) is 3.30. The predicted molar refractivity (Wildman–Crippen MR) is 132 cm³/mol. The van der Waals surface area contributed by atoms with E-state index < -0.39 is 5.54 Å². The van der Waals surface area contributed by atoms with Crippen LogP contribution in [0.2, 0.25) is 0 Å². The third kappa shape index (κ3) is 5.11. The van der Waals surface area contributed by atoms with Crippen LogP contribution in [0.3, 0.4) is 0 Å². The molecule has 34 heavy (non-hydrogen) atoms. The van der Waals surface area contributed by atoms with Gasteiger partial charge in [-0.3, -0.25) is 9.48 Å². The monoisotopic (exact) mass is 461 g/mol. The summed E-state index contributed by atoms with van der Waals surface area (Å²) < 4.78 is 13.0. The summed E-state index contributed by atoms with van der Waals surface area (Å²) in [6, 6.07) is 9.68. The fraction of sp³-hybridized carbons (Fsp3) is 0.385. The van der Waals surface area contributed by atoms with E-state index in [2.05, 4.69) is 36.2 Å². The number of esters is 1. The van der Waals surface area contributed by atoms with Crippen LogP contribution in [-0.4, -0.2) is 37.9 Å². The fourth-order valence-corrected chi connectivity index (χ4v) is 3.68. The molecule has 4 rings (SSSR count). The van der Waals surface area contributed by atoms with Gasteiger partial charge in [-0.2, -0.15) is 5.10 Å². The number of nitrogens with one attached hydrogen (secondary N) is 1. The standard InChI is InChI=1S/C26H31N5O3/c1-7-33-22(32)13-26(5,6)31-16-18(15-28-31)17-12-19(23(27-14-17)30-25(2,3)4)24-29-20-10-8-9-11-21(20)34-24/h8-12,14-16H,7,13H2,1-6H3,(H,27,30). The van der Waals surface area contributed by atoms with Gasteiger partial charge in [-0.1, -0.05) is 12.1 Å². The minimum absolute atomic E-state index is 0.197. The highest BCUT2D eigenvalue weighted by atomic mass is 16.5. The lowest BCUT2D eigenvalue weighted by molar-refractivity contribution is -0.145. The molecular weight excluding hydrogens is 430 g/mol. The normalized spacial score (nSPS) is 12.2. The van der Waals surface area contributed by atoms with Gasteiger partial charge in [0, 0.05) is 29.1 Å². The highest BCUT2D eigenvalue weighted by Gasteiger charge is 2.26. The summed E-state index contributed by atoms with van der Waals surface area (Å²) >= 11 is 0. The second-order valence-corrected chi connectivity index (χ2v) is 9.95. The van der Waals surface area contributed by atoms with E-state index in [1.807, 2.05) is 50.4 Å². The second kappa shape index (κ2) is 8.93. The van der Waals surface area contributed by atoms with Crippen molar-refractivity contribution in [2.24, 2.45) is 0 Å². The van der Waals surface area contributed by atoms with E-state index in [4.69, 9.17) is 14.1 Å². The molecule has 178 valence electrons. The van der Waals surface area contributed by atoms with Crippen molar-refractivity contribution in [2.45, 2.75) is 59.0 Å². The van der Waals surface area contributed by atoms with E-state index in [1.54, 1.807) is 24.0 Å². The summed E-state index contributed by atoms with van der Waals surface area (Å²) in [4.78, 5) is 21.4. The highest BCUT2D eigenvalue weighted by Crippen LogP contribution is 2.34. The molecule has 0 bridgehead atoms. The van der Waals surface area contributed by atoms with Crippen LogP contribution in [0.1, 0.15) is 48.0 Å². The highest BCUT2D eigenvalue weighted by molar-refractivity contribution is 5.81. The number of oxazole rings is 1. The van der Waals surface area contributed by atoms with Crippen LogP contribution < -0.4 is 5.32 Å². The lowest BCUT2D eigenvalue weighted by Crippen LogP contribution is -2.30. The van der Waals surface area contributed by atoms with Crippen molar-refractivity contribution >= 4 is 22.9 Å². The quantitative estimate of drug-likeness (QED) is 0.355. The second-order valence-electron chi connectivity index (χ2n) is 9.95. The molecule has 0 saturated carbocycles. The van der Waals surface area contributed by atoms with Gasteiger partial charge < -0.3 is 14.5 Å². The Morgan fingerprint density at radius 2 is 1.88 bits per heavy atom. The van der Waals surface area contributed by atoms with Gasteiger partial charge in [-0.15, -0.1) is 0 Å². The molecule has 1 N–H and O–H groups in total. The fourth-order valence-electron chi connectivity index (χ4n) is 3.68. The molecular formula is C26H31N5O3. The van der Waals surface area contributed by atoms with Gasteiger partial charge in [0.2, 0.25) is 5.89 Å². The molecule has 3 heterocycles. The average Bonchev–Trinajstić information content (AvgIpc) is 3.40. The molecule has 3 aromatic heterocycles. The van der Waals surface area contributed by atoms with Crippen LogP contribution in [0.5, 0.6) is 0 Å². The number of anilines is 1. The molecule has 0 amide bonds. The summed E-state index contributed by atoms with van der Waals surface area (Å²) in [5.74, 6) is 0.942. The first-order valence-electron chi connectivity index (χ1n) is 11.4. The molecule has 0 fully saturated rings. The molecule has 0 unspecified atom stereocenters. The summed E-state index contributed by atoms with van der Waals surface area (Å²) in [6.45, 7) is 12.3. The Kier molecular flexibility index (Phi) is 6.17. The van der Waals surface area contributed by atoms with Crippen molar-refractivity contribution in [3.05, 3.63) is 48.9 Å². The minimum atomic E-state index is -0.533. The smallest absolute Gasteiger partial charge is 0.308 e. The number of hydrogen-bond acceptors (Lipinski definition) is 7. The van der Waals surface area contributed by atoms with Crippen molar-refractivity contribution in [3.8, 4) is 22.6 Å². The average molecular weight is 462 g/mol. The van der Waals surface area contributed by atoms with Crippen molar-refractivity contribution in [1.29, 1.82) is 0 Å². The van der Waals surface area contributed by atoms with Crippen molar-refractivity contribution in [1.82, 2.24) is 19.7 Å². The number of nitrogens with zero attached hydrogens (tertiary/aromatic N) is 4. The zero-order valence-corrected chi connectivity index (χ0v) is 20.5. The van der Waals surface area contributed by atoms with Gasteiger partial charge in [-0.25, -0.2) is 9.97 Å². The molecule has 4 aromatic rings. The Balaban J connectivity index is 1.72. The number of pyridine rings is 1. The van der Waals surface area contributed by atoms with Crippen LogP contribution in [-0.2, 0) is 15.1 Å². The zero-order valence-electron chi connectivity index (χ0n) is 20.5. The maximum Gasteiger partial charge on any atom is 0.308 e. The third-order valence-corrected chi connectivity index (χ3v) is 5.32. The first-order valence-corrected chi connectivity index (χ1v) is 11.4. The molecule has 8 heteroatoms. The minimum Gasteiger partial charge on any atom is -0.466 e. The topological polar surface area (TPSA) is 95.1 Å². The summed E-state index contributed by atoms with van der Waals surface area (Å²) in [6.07, 6.45) is 5.72. The first kappa shape index (κ1) is 23.5. The van der Waals surface area contributed by atoms with Crippen LogP contribution in [0.15, 0.2) is 53.3 Å². The van der Waals surface area contributed by atoms with Crippen LogP contribution in [0.4, 0.5) is 5.82 Å². The van der Waals surface area contributed by atoms with Gasteiger partial charge in [0.05, 0.1) is 30.3 Å². The van der Waals surface area contributed by atoms with Gasteiger partial charge in [-0.05, 0) is 59.7 Å². The molecule has 1 aromatic carbocycles. The SMILES string of the molecule is CCOC(=O)CC(C)(C)n1cc(-c2cnc(NC(C)(C)C)c(-c3nc4ccccc4o3)c2)cn1. The number of rotatable bonds is 7. The lowest BCUT2D eigenvalue weighted by atomic mass is 10.0. The molecule has 0 saturated heterocycles. The molecule has 0 spiro atoms. The molecule has 8 nitrogen and oxygen atoms in total. The van der Waals surface area contributed by atoms with Gasteiger partial charge in [0.1, 0.15) is 11.3 Å². The van der Waals surface area contributed by atoms with Crippen LogP contribution in [0, 0.1) is 0 Å². The lowest BCUT2D eigenvalue weighted by Gasteiger charge is -2.24. The summed E-state index contributed by atoms with van der Waals surface area (Å²) in [7, 11) is 0. The van der Waals surface area contributed by atoms with Crippen molar-refractivity contribution in [2.75, 3.05) is 11.9 Å². The Morgan fingerprint density at radius 1 is 1.12 bits per heavy atom. The molecule has 0 radical (unpaired) electrons. The van der Waals surface area contributed by atoms with E-state index in [0.29, 0.717) is 18.3 Å². The molecule has 0 aliphatic carbocycles. The number of aromatic nitrogens is 4. The Hall–Kier alpha value is -3.68. The predicted octanol–water partition coefficient (Wildman–Crippen LogP) is 5.65. The van der Waals surface area contributed by atoms with Crippen LogP contribution >= 0.6 is 0 Å². The number of carbonyl (C=O) groups excluding carboxylic acids is 1. The molecule has 0 aliphatic heterocycles. The van der Waals surface area contributed by atoms with Gasteiger partial charge >= 0.3 is 5.97 Å². The Bertz CT molecular complexity index is 1280. The molecule has 0 aliphatic rings. The third-order valence-electron chi connectivity index (χ3n) is 5.32. The maximum absolute atomic E-state index is 12.0. The van der Waals surface area contributed by atoms with E-state index in [9.17, 15) is 4.79 Å². The summed E-state index contributed by atoms with van der Waals surface area (Å²) in [5, 5.41) is 7.97. The van der Waals surface area contributed by atoms with Gasteiger partial charge in [0.15, 0.2) is 5.58 Å². The number of carbonyl (C=O) groups is 1. The van der Waals surface area contributed by atoms with Crippen molar-refractivity contribution < 1.29 is 13.9 Å². The number of para-hydroxylation sites is 2.